The Labute approximate surface area is 89.5 Å². The molecule has 0 atom stereocenters. The summed E-state index contributed by atoms with van der Waals surface area (Å²) in [5, 5.41) is 0. The van der Waals surface area contributed by atoms with Crippen LogP contribution < -0.4 is 0 Å². The lowest BCUT2D eigenvalue weighted by molar-refractivity contribution is 0.537. The molecule has 0 aromatic carbocycles. The first-order valence-electron chi connectivity index (χ1n) is 2.69. The van der Waals surface area contributed by atoms with Crippen LogP contribution in [0.15, 0.2) is 11.3 Å². The van der Waals surface area contributed by atoms with Crippen molar-refractivity contribution in [3.8, 4) is 0 Å². The van der Waals surface area contributed by atoms with E-state index in [-0.39, 0.29) is 0 Å². The smallest absolute Gasteiger partial charge is 0.306 e. The van der Waals surface area contributed by atoms with Gasteiger partial charge < -0.3 is 4.21 Å². The van der Waals surface area contributed by atoms with Crippen molar-refractivity contribution < 1.29 is 8.78 Å². The zero-order valence-corrected chi connectivity index (χ0v) is 12.4. The SMILES string of the molecule is CC(C)=C[SiH2]OP(=O)(I)I. The molecule has 0 spiro atoms. The summed E-state index contributed by atoms with van der Waals surface area (Å²) in [5.41, 5.74) is 3.29. The summed E-state index contributed by atoms with van der Waals surface area (Å²) in [7, 11) is -0.681. The van der Waals surface area contributed by atoms with Crippen molar-refractivity contribution in [2.24, 2.45) is 0 Å². The van der Waals surface area contributed by atoms with Gasteiger partial charge in [-0.2, -0.15) is 0 Å². The Morgan fingerprint density at radius 1 is 1.60 bits per heavy atom. The van der Waals surface area contributed by atoms with E-state index in [9.17, 15) is 4.57 Å². The van der Waals surface area contributed by atoms with E-state index in [4.69, 9.17) is 4.21 Å². The summed E-state index contributed by atoms with van der Waals surface area (Å²) >= 11 is 3.70. The van der Waals surface area contributed by atoms with Crippen LogP contribution in [0.5, 0.6) is 0 Å². The van der Waals surface area contributed by atoms with Crippen molar-refractivity contribution in [2.45, 2.75) is 13.8 Å². The fourth-order valence-electron chi connectivity index (χ4n) is 0.291. The van der Waals surface area contributed by atoms with E-state index in [1.54, 1.807) is 0 Å². The van der Waals surface area contributed by atoms with Gasteiger partial charge >= 0.3 is 2.65 Å². The summed E-state index contributed by atoms with van der Waals surface area (Å²) in [6.45, 7) is 4.03. The fourth-order valence-corrected chi connectivity index (χ4v) is 4.51. The molecule has 0 fully saturated rings. The molecule has 0 aromatic rings. The van der Waals surface area contributed by atoms with E-state index in [2.05, 4.69) is 0 Å². The molecule has 0 saturated carbocycles. The molecule has 0 N–H and O–H groups in total. The van der Waals surface area contributed by atoms with E-state index in [1.807, 2.05) is 63.6 Å². The second kappa shape index (κ2) is 5.29. The molecule has 0 radical (unpaired) electrons. The van der Waals surface area contributed by atoms with Gasteiger partial charge in [-0.1, -0.05) is 11.3 Å². The Balaban J connectivity index is 3.58. The molecule has 10 heavy (non-hydrogen) atoms. The molecular weight excluding hydrogens is 393 g/mol. The molecule has 0 aliphatic rings. The first-order chi connectivity index (χ1) is 4.42. The molecule has 0 aromatic heterocycles. The molecule has 0 saturated heterocycles. The van der Waals surface area contributed by atoms with Gasteiger partial charge in [0, 0.05) is 44.1 Å². The number of hydrogen-bond donors (Lipinski definition) is 0. The molecule has 0 aliphatic carbocycles. The topological polar surface area (TPSA) is 26.3 Å². The van der Waals surface area contributed by atoms with E-state index in [0.29, 0.717) is 0 Å². The predicted octanol–water partition coefficient (Wildman–Crippen LogP) is 2.99. The molecule has 0 heterocycles. The van der Waals surface area contributed by atoms with Gasteiger partial charge in [0.05, 0.1) is 0 Å². The van der Waals surface area contributed by atoms with Crippen molar-refractivity contribution in [2.75, 3.05) is 0 Å². The van der Waals surface area contributed by atoms with Crippen LogP contribution in [-0.2, 0) is 8.78 Å². The van der Waals surface area contributed by atoms with Gasteiger partial charge in [0.15, 0.2) is 9.76 Å². The van der Waals surface area contributed by atoms with Crippen LogP contribution in [0.2, 0.25) is 0 Å². The minimum absolute atomic E-state index is 0.681. The van der Waals surface area contributed by atoms with Gasteiger partial charge in [0.2, 0.25) is 0 Å². The van der Waals surface area contributed by atoms with Crippen LogP contribution in [0, 0.1) is 0 Å². The Morgan fingerprint density at radius 3 is 2.40 bits per heavy atom. The highest BCUT2D eigenvalue weighted by atomic mass is 127. The Bertz CT molecular complexity index is 172. The van der Waals surface area contributed by atoms with Crippen LogP contribution in [0.4, 0.5) is 0 Å². The molecule has 2 nitrogen and oxygen atoms in total. The van der Waals surface area contributed by atoms with E-state index < -0.39 is 12.4 Å². The van der Waals surface area contributed by atoms with Gasteiger partial charge in [0.1, 0.15) is 0 Å². The number of halogens is 2. The summed E-state index contributed by atoms with van der Waals surface area (Å²) in [6.07, 6.45) is 0. The molecular formula is C4H9I2O2PSi. The molecule has 6 heteroatoms. The zero-order chi connectivity index (χ0) is 8.20. The van der Waals surface area contributed by atoms with E-state index in [1.165, 1.54) is 5.57 Å². The third kappa shape index (κ3) is 9.61. The van der Waals surface area contributed by atoms with Crippen molar-refractivity contribution in [3.05, 3.63) is 11.3 Å². The lowest BCUT2D eigenvalue weighted by Gasteiger charge is -2.00. The molecule has 0 bridgehead atoms. The van der Waals surface area contributed by atoms with E-state index in [0.717, 1.165) is 0 Å². The van der Waals surface area contributed by atoms with Gasteiger partial charge in [-0.05, 0) is 13.8 Å². The van der Waals surface area contributed by atoms with Crippen LogP contribution >= 0.6 is 46.7 Å². The Hall–Kier alpha value is 1.61. The zero-order valence-electron chi connectivity index (χ0n) is 5.80. The summed E-state index contributed by atoms with van der Waals surface area (Å²) in [4.78, 5) is 0. The highest BCUT2D eigenvalue weighted by Gasteiger charge is 2.09. The molecule has 0 rings (SSSR count). The molecule has 60 valence electrons. The van der Waals surface area contributed by atoms with Crippen molar-refractivity contribution in [1.82, 2.24) is 0 Å². The lowest BCUT2D eigenvalue weighted by atomic mass is 10.4. The lowest BCUT2D eigenvalue weighted by Crippen LogP contribution is -1.86. The Kier molecular flexibility index (Phi) is 6.14. The number of allylic oxidation sites excluding steroid dienone is 1. The summed E-state index contributed by atoms with van der Waals surface area (Å²) < 4.78 is 13.8. The molecule has 0 aliphatic heterocycles. The Morgan fingerprint density at radius 2 is 2.10 bits per heavy atom. The second-order valence-corrected chi connectivity index (χ2v) is 17.8. The highest BCUT2D eigenvalue weighted by Crippen LogP contribution is 2.63. The predicted molar refractivity (Wildman–Crippen MR) is 64.7 cm³/mol. The minimum atomic E-state index is -2.26. The monoisotopic (exact) mass is 402 g/mol. The number of rotatable bonds is 3. The maximum Gasteiger partial charge on any atom is 0.306 e. The third-order valence-corrected chi connectivity index (χ3v) is 8.51. The summed E-state index contributed by atoms with van der Waals surface area (Å²) in [6, 6.07) is 0. The van der Waals surface area contributed by atoms with Crippen LogP contribution in [-0.4, -0.2) is 9.76 Å². The van der Waals surface area contributed by atoms with Crippen LogP contribution in [0.1, 0.15) is 13.8 Å². The minimum Gasteiger partial charge on any atom is -0.359 e. The maximum atomic E-state index is 11.0. The van der Waals surface area contributed by atoms with Crippen LogP contribution in [0.25, 0.3) is 0 Å². The van der Waals surface area contributed by atoms with Gasteiger partial charge in [-0.3, -0.25) is 4.57 Å². The average molecular weight is 402 g/mol. The first-order valence-corrected chi connectivity index (χ1v) is 11.3. The highest BCUT2D eigenvalue weighted by molar-refractivity contribution is 14.3. The van der Waals surface area contributed by atoms with E-state index >= 15 is 0 Å². The summed E-state index contributed by atoms with van der Waals surface area (Å²) in [5.74, 6) is 0. The van der Waals surface area contributed by atoms with Crippen molar-refractivity contribution in [3.63, 3.8) is 0 Å². The largest absolute Gasteiger partial charge is 0.359 e. The van der Waals surface area contributed by atoms with Crippen LogP contribution in [0.3, 0.4) is 0 Å². The quantitative estimate of drug-likeness (QED) is 0.413. The van der Waals surface area contributed by atoms with Crippen molar-refractivity contribution in [1.29, 1.82) is 0 Å². The molecule has 0 amide bonds. The van der Waals surface area contributed by atoms with Gasteiger partial charge in [-0.25, -0.2) is 0 Å². The van der Waals surface area contributed by atoms with Crippen molar-refractivity contribution >= 4 is 56.5 Å². The number of hydrogen-bond acceptors (Lipinski definition) is 2. The maximum absolute atomic E-state index is 11.0. The average Bonchev–Trinajstić information content (AvgIpc) is 1.59. The normalized spacial score (nSPS) is 12.4. The fraction of sp³-hybridized carbons (Fsp3) is 0.500. The van der Waals surface area contributed by atoms with Gasteiger partial charge in [0.25, 0.3) is 0 Å². The molecule has 0 unspecified atom stereocenters. The first kappa shape index (κ1) is 11.6. The second-order valence-electron chi connectivity index (χ2n) is 1.99. The third-order valence-electron chi connectivity index (χ3n) is 0.716. The standard InChI is InChI=1S/C4H9I2O2PSi/c1-4(2)3-10-8-9(5,6)7/h3H,10H2,1-2H3. The van der Waals surface area contributed by atoms with Gasteiger partial charge in [-0.15, -0.1) is 0 Å².